The third-order valence-electron chi connectivity index (χ3n) is 0.771. The minimum atomic E-state index is 0. The number of aliphatic hydroxyl groups is 1. The van der Waals surface area contributed by atoms with Crippen molar-refractivity contribution in [3.63, 3.8) is 0 Å². The Bertz CT molecular complexity index is 50.9. The summed E-state index contributed by atoms with van der Waals surface area (Å²) >= 11 is 0. The van der Waals surface area contributed by atoms with Crippen LogP contribution >= 0.6 is 0 Å². The molecule has 4 radical (unpaired) electrons. The van der Waals surface area contributed by atoms with Crippen molar-refractivity contribution in [3.05, 3.63) is 0 Å². The maximum absolute atomic E-state index is 8.39. The molecule has 0 aromatic heterocycles. The molecule has 0 aliphatic heterocycles. The fraction of sp³-hybridized carbons (Fsp3) is 1.00. The molecule has 0 aromatic rings. The monoisotopic (exact) mass is 136 g/mol. The summed E-state index contributed by atoms with van der Waals surface area (Å²) in [5, 5.41) is 8.39. The van der Waals surface area contributed by atoms with Crippen molar-refractivity contribution in [1.82, 2.24) is 0 Å². The highest BCUT2D eigenvalue weighted by Gasteiger charge is 2.02. The van der Waals surface area contributed by atoms with Gasteiger partial charge in [0.15, 0.2) is 0 Å². The molecule has 0 atom stereocenters. The third kappa shape index (κ3) is 9.55. The van der Waals surface area contributed by atoms with E-state index in [0.717, 1.165) is 11.0 Å². The van der Waals surface area contributed by atoms with Crippen LogP contribution < -0.4 is 0 Å². The Balaban J connectivity index is 0. The normalized spacial score (nSPS) is 10.5. The van der Waals surface area contributed by atoms with Gasteiger partial charge in [-0.25, -0.2) is 0 Å². The number of nitrogens with zero attached hydrogens (tertiary/aromatic N) is 1. The Kier molecular flexibility index (Phi) is 5.81. The van der Waals surface area contributed by atoms with E-state index < -0.39 is 0 Å². The molecule has 2 nitrogen and oxygen atoms in total. The highest BCUT2D eigenvalue weighted by molar-refractivity contribution is 7.37. The van der Waals surface area contributed by atoms with Crippen LogP contribution in [-0.4, -0.2) is 43.9 Å². The van der Waals surface area contributed by atoms with Gasteiger partial charge in [-0.2, -0.15) is 0 Å². The summed E-state index contributed by atoms with van der Waals surface area (Å²) in [7, 11) is 6.16. The van der Waals surface area contributed by atoms with Crippen molar-refractivity contribution in [1.29, 1.82) is 0 Å². The average molecular weight is 136 g/mol. The molecule has 3 heteroatoms. The van der Waals surface area contributed by atoms with Gasteiger partial charge in [0.05, 0.1) is 27.7 Å². The Hall–Kier alpha value is 0.270. The van der Waals surface area contributed by atoms with E-state index in [1.807, 2.05) is 0 Å². The van der Waals surface area contributed by atoms with Crippen LogP contribution in [0.3, 0.4) is 0 Å². The van der Waals surface area contributed by atoms with Crippen LogP contribution in [0.5, 0.6) is 0 Å². The molecule has 48 valence electrons. The van der Waals surface area contributed by atoms with E-state index >= 15 is 0 Å². The summed E-state index contributed by atoms with van der Waals surface area (Å²) in [6, 6.07) is 0. The second-order valence-electron chi connectivity index (χ2n) is 2.74. The maximum Gasteiger partial charge on any atom is 2.00 e. The highest BCUT2D eigenvalue weighted by Crippen LogP contribution is 1.84. The number of quaternary nitrogens is 1. The van der Waals surface area contributed by atoms with Crippen molar-refractivity contribution < 1.29 is 9.59 Å². The summed E-state index contributed by atoms with van der Waals surface area (Å²) in [4.78, 5) is 0. The third-order valence-corrected chi connectivity index (χ3v) is 0.771. The summed E-state index contributed by atoms with van der Waals surface area (Å²) in [6.45, 7) is 1.11. The predicted octanol–water partition coefficient (Wildman–Crippen LogP) is -0.317. The average Bonchev–Trinajstić information content (AvgIpc) is 1.30. The van der Waals surface area contributed by atoms with Crippen LogP contribution in [0.4, 0.5) is 0 Å². The molecule has 0 unspecified atom stereocenters. The van der Waals surface area contributed by atoms with Crippen LogP contribution in [0.2, 0.25) is 0 Å². The Morgan fingerprint density at radius 3 is 1.62 bits per heavy atom. The molecular formula is C5H14NOS+3. The van der Waals surface area contributed by atoms with Gasteiger partial charge in [-0.1, -0.05) is 0 Å². The SMILES string of the molecule is C[N+](C)(C)CCO.[S+2]. The molecule has 0 amide bonds. The Labute approximate surface area is 58.2 Å². The van der Waals surface area contributed by atoms with Gasteiger partial charge in [-0.05, 0) is 0 Å². The number of hydrogen-bond donors (Lipinski definition) is 1. The molecule has 0 saturated heterocycles. The number of aliphatic hydroxyl groups excluding tert-OH is 1. The number of rotatable bonds is 2. The quantitative estimate of drug-likeness (QED) is 0.516. The zero-order valence-electron chi connectivity index (χ0n) is 5.72. The van der Waals surface area contributed by atoms with E-state index in [0.29, 0.717) is 0 Å². The van der Waals surface area contributed by atoms with E-state index in [1.165, 1.54) is 0 Å². The molecular weight excluding hydrogens is 122 g/mol. The molecule has 0 spiro atoms. The van der Waals surface area contributed by atoms with Gasteiger partial charge in [0.2, 0.25) is 0 Å². The molecule has 0 heterocycles. The summed E-state index contributed by atoms with van der Waals surface area (Å²) in [5.74, 6) is 0. The van der Waals surface area contributed by atoms with Crippen LogP contribution in [0, 0.1) is 0 Å². The molecule has 0 bridgehead atoms. The zero-order chi connectivity index (χ0) is 5.91. The molecule has 8 heavy (non-hydrogen) atoms. The van der Waals surface area contributed by atoms with Gasteiger partial charge >= 0.3 is 13.5 Å². The molecule has 0 aliphatic rings. The summed E-state index contributed by atoms with van der Waals surface area (Å²) in [6.07, 6.45) is 0. The smallest absolute Gasteiger partial charge is 0.391 e. The van der Waals surface area contributed by atoms with Gasteiger partial charge in [0.1, 0.15) is 6.54 Å². The fourth-order valence-electron chi connectivity index (χ4n) is 0.300. The van der Waals surface area contributed by atoms with E-state index in [9.17, 15) is 0 Å². The standard InChI is InChI=1S/C5H14NO.S/c1-6(2,3)4-5-7;/h7H,4-5H2,1-3H3;/q+1;+2. The van der Waals surface area contributed by atoms with Gasteiger partial charge in [0, 0.05) is 0 Å². The van der Waals surface area contributed by atoms with Gasteiger partial charge in [-0.3, -0.25) is 0 Å². The van der Waals surface area contributed by atoms with E-state index in [4.69, 9.17) is 5.11 Å². The van der Waals surface area contributed by atoms with Gasteiger partial charge in [0.25, 0.3) is 0 Å². The van der Waals surface area contributed by atoms with Crippen LogP contribution in [-0.2, 0) is 13.5 Å². The molecule has 0 aliphatic carbocycles. The summed E-state index contributed by atoms with van der Waals surface area (Å²) in [5.41, 5.74) is 0. The van der Waals surface area contributed by atoms with E-state index in [2.05, 4.69) is 21.1 Å². The van der Waals surface area contributed by atoms with Crippen molar-refractivity contribution >= 4 is 13.5 Å². The van der Waals surface area contributed by atoms with Crippen molar-refractivity contribution in [2.24, 2.45) is 0 Å². The first kappa shape index (κ1) is 11.1. The van der Waals surface area contributed by atoms with Crippen LogP contribution in [0.25, 0.3) is 0 Å². The topological polar surface area (TPSA) is 20.2 Å². The van der Waals surface area contributed by atoms with Crippen LogP contribution in [0.1, 0.15) is 0 Å². The molecule has 1 N–H and O–H groups in total. The number of hydrogen-bond acceptors (Lipinski definition) is 1. The minimum Gasteiger partial charge on any atom is -0.391 e. The maximum atomic E-state index is 8.39. The van der Waals surface area contributed by atoms with Gasteiger partial charge < -0.3 is 9.59 Å². The predicted molar refractivity (Wildman–Crippen MR) is 37.4 cm³/mol. The lowest BCUT2D eigenvalue weighted by molar-refractivity contribution is -0.870. The molecule has 0 aromatic carbocycles. The molecule has 0 saturated carbocycles. The first-order valence-corrected chi connectivity index (χ1v) is 2.47. The van der Waals surface area contributed by atoms with E-state index in [1.54, 1.807) is 0 Å². The first-order chi connectivity index (χ1) is 3.06. The lowest BCUT2D eigenvalue weighted by Crippen LogP contribution is -2.36. The van der Waals surface area contributed by atoms with Crippen molar-refractivity contribution in [2.75, 3.05) is 34.3 Å². The van der Waals surface area contributed by atoms with Crippen molar-refractivity contribution in [3.8, 4) is 0 Å². The minimum absolute atomic E-state index is 0. The Morgan fingerprint density at radius 1 is 1.25 bits per heavy atom. The van der Waals surface area contributed by atoms with Crippen LogP contribution in [0.15, 0.2) is 0 Å². The number of likely N-dealkylation sites (N-methyl/N-ethyl adjacent to an activating group) is 1. The Morgan fingerprint density at radius 2 is 1.62 bits per heavy atom. The zero-order valence-corrected chi connectivity index (χ0v) is 6.53. The second kappa shape index (κ2) is 4.18. The lowest BCUT2D eigenvalue weighted by Gasteiger charge is -2.21. The largest absolute Gasteiger partial charge is 2.00 e. The molecule has 0 rings (SSSR count). The second-order valence-corrected chi connectivity index (χ2v) is 2.74. The fourth-order valence-corrected chi connectivity index (χ4v) is 0.300. The van der Waals surface area contributed by atoms with Gasteiger partial charge in [-0.15, -0.1) is 0 Å². The summed E-state index contributed by atoms with van der Waals surface area (Å²) < 4.78 is 0.844. The first-order valence-electron chi connectivity index (χ1n) is 2.47. The lowest BCUT2D eigenvalue weighted by atomic mass is 10.5. The highest BCUT2D eigenvalue weighted by atomic mass is 32.1. The van der Waals surface area contributed by atoms with E-state index in [-0.39, 0.29) is 20.1 Å². The van der Waals surface area contributed by atoms with Crippen molar-refractivity contribution in [2.45, 2.75) is 0 Å². The molecule has 0 fully saturated rings.